The minimum Gasteiger partial charge on any atom is -0.477 e. The van der Waals surface area contributed by atoms with E-state index < -0.39 is 5.97 Å². The molecule has 0 radical (unpaired) electrons. The van der Waals surface area contributed by atoms with Crippen molar-refractivity contribution < 1.29 is 14.7 Å². The number of carboxylic acids is 1. The van der Waals surface area contributed by atoms with Crippen molar-refractivity contribution in [2.75, 3.05) is 11.4 Å². The highest BCUT2D eigenvalue weighted by molar-refractivity contribution is 7.12. The minimum absolute atomic E-state index is 0.277. The highest BCUT2D eigenvalue weighted by Crippen LogP contribution is 2.30. The SMILES string of the molecule is NC(=O)C1CCN1c1csc(C(=O)O)c1. The van der Waals surface area contributed by atoms with Gasteiger partial charge in [0.2, 0.25) is 5.91 Å². The molecule has 1 atom stereocenters. The predicted molar refractivity (Wildman–Crippen MR) is 56.2 cm³/mol. The lowest BCUT2D eigenvalue weighted by Gasteiger charge is -2.39. The summed E-state index contributed by atoms with van der Waals surface area (Å²) in [4.78, 5) is 23.7. The number of hydrogen-bond donors (Lipinski definition) is 2. The van der Waals surface area contributed by atoms with E-state index in [1.807, 2.05) is 4.90 Å². The van der Waals surface area contributed by atoms with Gasteiger partial charge in [-0.3, -0.25) is 4.79 Å². The number of anilines is 1. The van der Waals surface area contributed by atoms with Crippen molar-refractivity contribution in [2.24, 2.45) is 5.73 Å². The summed E-state index contributed by atoms with van der Waals surface area (Å²) < 4.78 is 0. The van der Waals surface area contributed by atoms with Crippen LogP contribution in [-0.2, 0) is 4.79 Å². The van der Waals surface area contributed by atoms with E-state index in [-0.39, 0.29) is 16.8 Å². The Morgan fingerprint density at radius 2 is 2.33 bits per heavy atom. The number of carboxylic acid groups (broad SMARTS) is 1. The fourth-order valence-corrected chi connectivity index (χ4v) is 2.32. The zero-order chi connectivity index (χ0) is 11.0. The molecule has 1 fully saturated rings. The zero-order valence-electron chi connectivity index (χ0n) is 7.84. The second-order valence-electron chi connectivity index (χ2n) is 3.37. The van der Waals surface area contributed by atoms with Gasteiger partial charge in [0.05, 0.1) is 0 Å². The third kappa shape index (κ3) is 1.68. The van der Waals surface area contributed by atoms with Gasteiger partial charge < -0.3 is 15.7 Å². The average molecular weight is 226 g/mol. The molecule has 5 nitrogen and oxygen atoms in total. The number of hydrogen-bond acceptors (Lipinski definition) is 4. The number of primary amides is 1. The summed E-state index contributed by atoms with van der Waals surface area (Å²) in [5, 5.41) is 10.5. The highest BCUT2D eigenvalue weighted by Gasteiger charge is 2.33. The Morgan fingerprint density at radius 1 is 1.60 bits per heavy atom. The van der Waals surface area contributed by atoms with Crippen molar-refractivity contribution in [2.45, 2.75) is 12.5 Å². The summed E-state index contributed by atoms with van der Waals surface area (Å²) in [7, 11) is 0. The van der Waals surface area contributed by atoms with Gasteiger partial charge in [-0.05, 0) is 12.5 Å². The normalized spacial score (nSPS) is 19.7. The molecule has 0 spiro atoms. The number of thiophene rings is 1. The summed E-state index contributed by atoms with van der Waals surface area (Å²) in [6, 6.07) is 1.29. The number of nitrogens with zero attached hydrogens (tertiary/aromatic N) is 1. The second-order valence-corrected chi connectivity index (χ2v) is 4.29. The molecule has 1 aliphatic rings. The topological polar surface area (TPSA) is 83.6 Å². The van der Waals surface area contributed by atoms with Crippen LogP contribution in [0.25, 0.3) is 0 Å². The zero-order valence-corrected chi connectivity index (χ0v) is 8.66. The maximum atomic E-state index is 11.0. The number of carbonyl (C=O) groups excluding carboxylic acids is 1. The Bertz CT molecular complexity index is 415. The van der Waals surface area contributed by atoms with Gasteiger partial charge in [0.1, 0.15) is 10.9 Å². The van der Waals surface area contributed by atoms with Crippen LogP contribution in [0, 0.1) is 0 Å². The van der Waals surface area contributed by atoms with Crippen LogP contribution in [0.3, 0.4) is 0 Å². The lowest BCUT2D eigenvalue weighted by Crippen LogP contribution is -2.55. The van der Waals surface area contributed by atoms with Crippen molar-refractivity contribution in [3.63, 3.8) is 0 Å². The van der Waals surface area contributed by atoms with E-state index in [4.69, 9.17) is 10.8 Å². The second kappa shape index (κ2) is 3.54. The number of amides is 1. The van der Waals surface area contributed by atoms with Crippen LogP contribution < -0.4 is 10.6 Å². The van der Waals surface area contributed by atoms with Gasteiger partial charge in [0.25, 0.3) is 0 Å². The van der Waals surface area contributed by atoms with Crippen molar-refractivity contribution in [3.8, 4) is 0 Å². The molecule has 1 aliphatic heterocycles. The molecule has 0 bridgehead atoms. The van der Waals surface area contributed by atoms with E-state index in [2.05, 4.69) is 0 Å². The lowest BCUT2D eigenvalue weighted by molar-refractivity contribution is -0.120. The number of rotatable bonds is 3. The van der Waals surface area contributed by atoms with Crippen LogP contribution >= 0.6 is 11.3 Å². The molecule has 1 aromatic rings. The Balaban J connectivity index is 2.16. The summed E-state index contributed by atoms with van der Waals surface area (Å²) in [5.41, 5.74) is 5.97. The molecule has 3 N–H and O–H groups in total. The van der Waals surface area contributed by atoms with Crippen LogP contribution in [0.2, 0.25) is 0 Å². The summed E-state index contributed by atoms with van der Waals surface area (Å²) in [6.45, 7) is 0.753. The van der Waals surface area contributed by atoms with Gasteiger partial charge in [-0.15, -0.1) is 11.3 Å². The van der Waals surface area contributed by atoms with Crippen molar-refractivity contribution >= 4 is 28.9 Å². The van der Waals surface area contributed by atoms with E-state index in [9.17, 15) is 9.59 Å². The van der Waals surface area contributed by atoms with Crippen LogP contribution in [0.1, 0.15) is 16.1 Å². The van der Waals surface area contributed by atoms with Gasteiger partial charge in [-0.1, -0.05) is 0 Å². The van der Waals surface area contributed by atoms with E-state index >= 15 is 0 Å². The first-order chi connectivity index (χ1) is 7.09. The minimum atomic E-state index is -0.942. The molecular formula is C9H10N2O3S. The fourth-order valence-electron chi connectivity index (χ4n) is 1.58. The molecule has 1 unspecified atom stereocenters. The average Bonchev–Trinajstić information content (AvgIpc) is 2.49. The third-order valence-electron chi connectivity index (χ3n) is 2.48. The first-order valence-corrected chi connectivity index (χ1v) is 5.35. The molecule has 1 aromatic heterocycles. The van der Waals surface area contributed by atoms with Crippen molar-refractivity contribution in [3.05, 3.63) is 16.3 Å². The lowest BCUT2D eigenvalue weighted by atomic mass is 10.0. The van der Waals surface area contributed by atoms with E-state index in [0.29, 0.717) is 0 Å². The molecule has 15 heavy (non-hydrogen) atoms. The first kappa shape index (κ1) is 9.97. The Kier molecular flexibility index (Phi) is 2.36. The van der Waals surface area contributed by atoms with E-state index in [1.165, 1.54) is 0 Å². The first-order valence-electron chi connectivity index (χ1n) is 4.47. The van der Waals surface area contributed by atoms with Crippen LogP contribution in [0.5, 0.6) is 0 Å². The predicted octanol–water partition coefficient (Wildman–Crippen LogP) is 0.510. The molecule has 6 heteroatoms. The number of carbonyl (C=O) groups is 2. The number of nitrogens with two attached hydrogens (primary N) is 1. The fraction of sp³-hybridized carbons (Fsp3) is 0.333. The Morgan fingerprint density at radius 3 is 2.73 bits per heavy atom. The molecule has 2 rings (SSSR count). The molecule has 0 aliphatic carbocycles. The smallest absolute Gasteiger partial charge is 0.345 e. The molecule has 0 saturated carbocycles. The Hall–Kier alpha value is -1.56. The van der Waals surface area contributed by atoms with Crippen molar-refractivity contribution in [1.29, 1.82) is 0 Å². The maximum absolute atomic E-state index is 11.0. The number of aromatic carboxylic acids is 1. The van der Waals surface area contributed by atoms with Crippen LogP contribution in [-0.4, -0.2) is 29.6 Å². The van der Waals surface area contributed by atoms with Gasteiger partial charge in [-0.25, -0.2) is 4.79 Å². The van der Waals surface area contributed by atoms with Crippen LogP contribution in [0.15, 0.2) is 11.4 Å². The molecule has 1 amide bonds. The van der Waals surface area contributed by atoms with Crippen molar-refractivity contribution in [1.82, 2.24) is 0 Å². The molecular weight excluding hydrogens is 216 g/mol. The quantitative estimate of drug-likeness (QED) is 0.786. The highest BCUT2D eigenvalue weighted by atomic mass is 32.1. The largest absolute Gasteiger partial charge is 0.477 e. The summed E-state index contributed by atoms with van der Waals surface area (Å²) in [6.07, 6.45) is 0.744. The summed E-state index contributed by atoms with van der Waals surface area (Å²) in [5.74, 6) is -1.30. The Labute approximate surface area is 90.1 Å². The maximum Gasteiger partial charge on any atom is 0.345 e. The standard InChI is InChI=1S/C9H10N2O3S/c10-8(12)6-1-2-11(6)5-3-7(9(13)14)15-4-5/h3-4,6H,1-2H2,(H2,10,12)(H,13,14). The molecule has 0 aromatic carbocycles. The molecule has 80 valence electrons. The van der Waals surface area contributed by atoms with Gasteiger partial charge in [0, 0.05) is 17.6 Å². The van der Waals surface area contributed by atoms with E-state index in [0.717, 1.165) is 30.0 Å². The third-order valence-corrected chi connectivity index (χ3v) is 3.38. The monoisotopic (exact) mass is 226 g/mol. The molecule has 1 saturated heterocycles. The molecule has 2 heterocycles. The van der Waals surface area contributed by atoms with Crippen LogP contribution in [0.4, 0.5) is 5.69 Å². The van der Waals surface area contributed by atoms with Gasteiger partial charge in [-0.2, -0.15) is 0 Å². The van der Waals surface area contributed by atoms with Gasteiger partial charge >= 0.3 is 5.97 Å². The summed E-state index contributed by atoms with van der Waals surface area (Å²) >= 11 is 1.16. The van der Waals surface area contributed by atoms with Gasteiger partial charge in [0.15, 0.2) is 0 Å². The van der Waals surface area contributed by atoms with E-state index in [1.54, 1.807) is 11.4 Å².